The Morgan fingerprint density at radius 2 is 1.05 bits per heavy atom. The zero-order valence-electron chi connectivity index (χ0n) is 20.7. The van der Waals surface area contributed by atoms with Gasteiger partial charge in [-0.1, -0.05) is 70.8 Å². The molecule has 0 unspecified atom stereocenters. The summed E-state index contributed by atoms with van der Waals surface area (Å²) in [6.45, 7) is 0. The van der Waals surface area contributed by atoms with Crippen molar-refractivity contribution in [3.8, 4) is 11.5 Å². The van der Waals surface area contributed by atoms with Gasteiger partial charge in [0, 0.05) is 17.7 Å². The maximum absolute atomic E-state index is 13.6. The monoisotopic (exact) mass is 532 g/mol. The zero-order valence-corrected chi connectivity index (χ0v) is 20.7. The van der Waals surface area contributed by atoms with Crippen molar-refractivity contribution < 1.29 is 28.9 Å². The summed E-state index contributed by atoms with van der Waals surface area (Å²) in [6, 6.07) is 23.4. The fraction of sp³-hybridized carbons (Fsp3) is 0. The first-order valence-corrected chi connectivity index (χ1v) is 12.1. The van der Waals surface area contributed by atoms with Crippen LogP contribution in [0.15, 0.2) is 97.1 Å². The fourth-order valence-corrected chi connectivity index (χ4v) is 4.56. The van der Waals surface area contributed by atoms with Gasteiger partial charge < -0.3 is 21.1 Å². The van der Waals surface area contributed by atoms with Crippen LogP contribution in [0.1, 0.15) is 11.1 Å². The van der Waals surface area contributed by atoms with Gasteiger partial charge in [-0.3, -0.25) is 19.2 Å². The molecule has 0 atom stereocenters. The number of fused-ring (bicyclic) bond motifs is 1. The number of anilines is 2. The summed E-state index contributed by atoms with van der Waals surface area (Å²) in [5, 5.41) is 2.54. The molecule has 2 heterocycles. The minimum atomic E-state index is -0.757. The molecule has 4 N–H and O–H groups in total. The molecular formula is C30H20N4O6. The van der Waals surface area contributed by atoms with Crippen LogP contribution in [0.5, 0.6) is 11.5 Å². The molecule has 6 rings (SSSR count). The van der Waals surface area contributed by atoms with Crippen LogP contribution in [-0.4, -0.2) is 33.8 Å². The number of rotatable bonds is 6. The predicted octanol–water partition coefficient (Wildman–Crippen LogP) is 3.50. The molecule has 0 spiro atoms. The highest BCUT2D eigenvalue weighted by Crippen LogP contribution is 2.38. The molecule has 4 amide bonds. The second-order valence-electron chi connectivity index (χ2n) is 8.96. The van der Waals surface area contributed by atoms with Crippen molar-refractivity contribution in [3.63, 3.8) is 0 Å². The van der Waals surface area contributed by atoms with Gasteiger partial charge in [0.1, 0.15) is 0 Å². The van der Waals surface area contributed by atoms with E-state index in [1.807, 2.05) is 12.1 Å². The lowest BCUT2D eigenvalue weighted by molar-refractivity contribution is -0.163. The highest BCUT2D eigenvalue weighted by Gasteiger charge is 2.40. The Kier molecular flexibility index (Phi) is 5.77. The average molecular weight is 533 g/mol. The number of benzene rings is 4. The number of amides is 4. The minimum absolute atomic E-state index is 0.0147. The molecule has 10 nitrogen and oxygen atoms in total. The summed E-state index contributed by atoms with van der Waals surface area (Å²) in [6.07, 6.45) is 2.25. The summed E-state index contributed by atoms with van der Waals surface area (Å²) in [4.78, 5) is 64.0. The highest BCUT2D eigenvalue weighted by atomic mass is 16.7. The second kappa shape index (κ2) is 9.44. The predicted molar refractivity (Wildman–Crippen MR) is 147 cm³/mol. The van der Waals surface area contributed by atoms with Gasteiger partial charge in [-0.25, -0.2) is 0 Å². The largest absolute Gasteiger partial charge is 0.396 e. The molecule has 0 radical (unpaired) electrons. The van der Waals surface area contributed by atoms with Gasteiger partial charge >= 0.3 is 0 Å². The quantitative estimate of drug-likeness (QED) is 0.284. The molecule has 4 aromatic rings. The number of hydroxylamine groups is 4. The van der Waals surface area contributed by atoms with Gasteiger partial charge in [-0.05, 0) is 40.6 Å². The molecular weight excluding hydrogens is 512 g/mol. The van der Waals surface area contributed by atoms with Crippen LogP contribution in [-0.2, 0) is 19.2 Å². The van der Waals surface area contributed by atoms with Gasteiger partial charge in [-0.15, -0.1) is 0 Å². The Hall–Kier alpha value is -5.90. The average Bonchev–Trinajstić information content (AvgIpc) is 3.39. The maximum atomic E-state index is 13.6. The smallest absolute Gasteiger partial charge is 0.295 e. The molecule has 0 aromatic heterocycles. The van der Waals surface area contributed by atoms with E-state index < -0.39 is 23.6 Å². The van der Waals surface area contributed by atoms with Crippen molar-refractivity contribution in [1.82, 2.24) is 10.1 Å². The number of carbonyl (C=O) groups excluding carboxylic acids is 4. The molecule has 0 fully saturated rings. The summed E-state index contributed by atoms with van der Waals surface area (Å²) < 4.78 is 0. The number of hydrogen-bond donors (Lipinski definition) is 2. The van der Waals surface area contributed by atoms with Crippen molar-refractivity contribution in [2.45, 2.75) is 0 Å². The third kappa shape index (κ3) is 4.00. The lowest BCUT2D eigenvalue weighted by Gasteiger charge is -2.19. The van der Waals surface area contributed by atoms with E-state index in [-0.39, 0.29) is 45.1 Å². The van der Waals surface area contributed by atoms with Gasteiger partial charge in [0.25, 0.3) is 23.6 Å². The van der Waals surface area contributed by atoms with E-state index in [9.17, 15) is 19.2 Å². The van der Waals surface area contributed by atoms with E-state index in [0.717, 1.165) is 17.5 Å². The molecule has 0 aliphatic carbocycles. The van der Waals surface area contributed by atoms with Gasteiger partial charge in [-0.2, -0.15) is 0 Å². The van der Waals surface area contributed by atoms with Crippen molar-refractivity contribution >= 4 is 56.9 Å². The van der Waals surface area contributed by atoms with E-state index in [2.05, 4.69) is 0 Å². The third-order valence-corrected chi connectivity index (χ3v) is 6.47. The Morgan fingerprint density at radius 1 is 0.550 bits per heavy atom. The number of nitrogens with two attached hydrogens (primary N) is 2. The number of carbonyl (C=O) groups is 4. The van der Waals surface area contributed by atoms with E-state index in [0.29, 0.717) is 15.5 Å². The van der Waals surface area contributed by atoms with Crippen molar-refractivity contribution in [3.05, 3.63) is 108 Å². The highest BCUT2D eigenvalue weighted by molar-refractivity contribution is 6.38. The summed E-state index contributed by atoms with van der Waals surface area (Å²) in [5.74, 6) is -2.71. The van der Waals surface area contributed by atoms with Crippen LogP contribution in [0, 0.1) is 0 Å². The number of para-hydroxylation sites is 4. The van der Waals surface area contributed by atoms with Crippen molar-refractivity contribution in [2.75, 3.05) is 11.5 Å². The summed E-state index contributed by atoms with van der Waals surface area (Å²) >= 11 is 0. The van der Waals surface area contributed by atoms with Crippen molar-refractivity contribution in [2.24, 2.45) is 0 Å². The molecule has 0 saturated carbocycles. The van der Waals surface area contributed by atoms with Crippen LogP contribution in [0.25, 0.3) is 21.9 Å². The first-order chi connectivity index (χ1) is 19.3. The molecule has 0 saturated heterocycles. The van der Waals surface area contributed by atoms with Crippen LogP contribution in [0.2, 0.25) is 0 Å². The number of nitrogens with zero attached hydrogens (tertiary/aromatic N) is 2. The topological polar surface area (TPSA) is 145 Å². The van der Waals surface area contributed by atoms with E-state index >= 15 is 0 Å². The Bertz CT molecular complexity index is 1830. The molecule has 0 bridgehead atoms. The van der Waals surface area contributed by atoms with Crippen LogP contribution in [0.4, 0.5) is 11.4 Å². The Labute approximate surface area is 227 Å². The van der Waals surface area contributed by atoms with Gasteiger partial charge in [0.2, 0.25) is 0 Å². The van der Waals surface area contributed by atoms with E-state index in [1.54, 1.807) is 60.7 Å². The number of hydrogen-bond acceptors (Lipinski definition) is 8. The SMILES string of the molecule is Nc1ccccc1ON1C(=O)C=C(c2ccc3ccccc3c2C2=CC(=O)N(Oc3ccccc3N)C2=O)C1=O. The molecule has 4 aromatic carbocycles. The molecule has 10 heteroatoms. The van der Waals surface area contributed by atoms with E-state index in [1.165, 1.54) is 12.1 Å². The molecule has 2 aliphatic rings. The lowest BCUT2D eigenvalue weighted by Crippen LogP contribution is -2.35. The first-order valence-electron chi connectivity index (χ1n) is 12.1. The van der Waals surface area contributed by atoms with Crippen LogP contribution in [0.3, 0.4) is 0 Å². The Balaban J connectivity index is 1.41. The lowest BCUT2D eigenvalue weighted by atomic mass is 9.89. The van der Waals surface area contributed by atoms with Crippen LogP contribution < -0.4 is 21.1 Å². The van der Waals surface area contributed by atoms with Gasteiger partial charge in [0.05, 0.1) is 22.5 Å². The maximum Gasteiger partial charge on any atom is 0.295 e. The second-order valence-corrected chi connectivity index (χ2v) is 8.96. The van der Waals surface area contributed by atoms with Gasteiger partial charge in [0.15, 0.2) is 11.5 Å². The Morgan fingerprint density at radius 3 is 1.65 bits per heavy atom. The van der Waals surface area contributed by atoms with Crippen molar-refractivity contribution in [1.29, 1.82) is 0 Å². The van der Waals surface area contributed by atoms with E-state index in [4.69, 9.17) is 21.1 Å². The molecule has 2 aliphatic heterocycles. The number of nitrogen functional groups attached to an aromatic ring is 2. The molecule has 196 valence electrons. The first kappa shape index (κ1) is 24.4. The minimum Gasteiger partial charge on any atom is -0.396 e. The van der Waals surface area contributed by atoms with Crippen LogP contribution >= 0.6 is 0 Å². The third-order valence-electron chi connectivity index (χ3n) is 6.47. The zero-order chi connectivity index (χ0) is 28.0. The molecule has 40 heavy (non-hydrogen) atoms. The number of imide groups is 2. The summed E-state index contributed by atoms with van der Waals surface area (Å²) in [5.41, 5.74) is 12.8. The normalized spacial score (nSPS) is 15.1. The summed E-state index contributed by atoms with van der Waals surface area (Å²) in [7, 11) is 0. The fourth-order valence-electron chi connectivity index (χ4n) is 4.56. The standard InChI is InChI=1S/C30H20N4O6/c31-22-9-3-5-11-24(22)39-33-26(35)15-20(29(33)37)19-14-13-17-7-1-2-8-18(17)28(19)21-16-27(36)34(30(21)38)40-25-12-6-4-10-23(25)32/h1-16H,31-32H2.